The summed E-state index contributed by atoms with van der Waals surface area (Å²) < 4.78 is 0. The Morgan fingerprint density at radius 3 is 2.36 bits per heavy atom. The summed E-state index contributed by atoms with van der Waals surface area (Å²) in [6.07, 6.45) is 1.11. The minimum absolute atomic E-state index is 0.599. The highest BCUT2D eigenvalue weighted by atomic mass is 16.5. The van der Waals surface area contributed by atoms with Crippen LogP contribution in [0.1, 0.15) is 20.3 Å². The third-order valence-corrected chi connectivity index (χ3v) is 2.04. The lowest BCUT2D eigenvalue weighted by atomic mass is 10.2. The fourth-order valence-corrected chi connectivity index (χ4v) is 1.20. The maximum atomic E-state index is 9.41. The highest BCUT2D eigenvalue weighted by Gasteiger charge is 1.98. The summed E-state index contributed by atoms with van der Waals surface area (Å²) in [4.78, 5) is 0. The van der Waals surface area contributed by atoms with Gasteiger partial charge in [-0.05, 0) is 37.6 Å². The molecule has 0 fully saturated rings. The molecule has 0 aliphatic rings. The van der Waals surface area contributed by atoms with E-state index in [0.717, 1.165) is 24.3 Å². The molecule has 14 heavy (non-hydrogen) atoms. The zero-order chi connectivity index (χ0) is 10.4. The minimum atomic E-state index is 0.599. The molecule has 3 nitrogen and oxygen atoms in total. The Bertz CT molecular complexity index is 258. The smallest absolute Gasteiger partial charge is 0.0635 e. The molecular weight excluding hydrogens is 176 g/mol. The average Bonchev–Trinajstić information content (AvgIpc) is 2.26. The van der Waals surface area contributed by atoms with Crippen LogP contribution in [0.25, 0.3) is 0 Å². The molecule has 0 atom stereocenters. The number of nitrogens with one attached hydrogen (secondary N) is 1. The van der Waals surface area contributed by atoms with Gasteiger partial charge < -0.3 is 5.32 Å². The molecule has 1 rings (SSSR count). The molecule has 1 aromatic rings. The van der Waals surface area contributed by atoms with E-state index in [4.69, 9.17) is 0 Å². The van der Waals surface area contributed by atoms with Crippen LogP contribution in [0.3, 0.4) is 0 Å². The van der Waals surface area contributed by atoms with Gasteiger partial charge in [-0.3, -0.25) is 10.3 Å². The molecule has 0 radical (unpaired) electrons. The molecule has 2 N–H and O–H groups in total. The van der Waals surface area contributed by atoms with Gasteiger partial charge >= 0.3 is 0 Å². The van der Waals surface area contributed by atoms with Crippen molar-refractivity contribution in [2.75, 3.05) is 23.5 Å². The van der Waals surface area contributed by atoms with E-state index in [1.165, 1.54) is 5.06 Å². The Kier molecular flexibility index (Phi) is 4.26. The first-order valence-electron chi connectivity index (χ1n) is 5.08. The van der Waals surface area contributed by atoms with E-state index in [9.17, 15) is 5.21 Å². The summed E-state index contributed by atoms with van der Waals surface area (Å²) >= 11 is 0. The summed E-state index contributed by atoms with van der Waals surface area (Å²) in [5.41, 5.74) is 1.93. The van der Waals surface area contributed by atoms with Gasteiger partial charge in [0.05, 0.1) is 5.69 Å². The van der Waals surface area contributed by atoms with Crippen LogP contribution in [0.2, 0.25) is 0 Å². The van der Waals surface area contributed by atoms with Crippen molar-refractivity contribution in [1.82, 2.24) is 0 Å². The molecule has 0 heterocycles. The van der Waals surface area contributed by atoms with Crippen molar-refractivity contribution in [1.29, 1.82) is 0 Å². The summed E-state index contributed by atoms with van der Waals surface area (Å²) in [5.74, 6) is 0. The van der Waals surface area contributed by atoms with Gasteiger partial charge in [-0.25, -0.2) is 0 Å². The molecule has 0 amide bonds. The highest BCUT2D eigenvalue weighted by Crippen LogP contribution is 2.16. The first kappa shape index (κ1) is 10.9. The summed E-state index contributed by atoms with van der Waals surface area (Å²) in [6, 6.07) is 7.76. The topological polar surface area (TPSA) is 35.5 Å². The Morgan fingerprint density at radius 2 is 1.86 bits per heavy atom. The monoisotopic (exact) mass is 194 g/mol. The maximum absolute atomic E-state index is 9.41. The second kappa shape index (κ2) is 5.50. The average molecular weight is 194 g/mol. The van der Waals surface area contributed by atoms with Crippen LogP contribution < -0.4 is 10.4 Å². The van der Waals surface area contributed by atoms with Gasteiger partial charge in [0.25, 0.3) is 0 Å². The molecule has 0 unspecified atom stereocenters. The van der Waals surface area contributed by atoms with Gasteiger partial charge in [0.2, 0.25) is 0 Å². The largest absolute Gasteiger partial charge is 0.385 e. The van der Waals surface area contributed by atoms with E-state index in [2.05, 4.69) is 12.2 Å². The fraction of sp³-hybridized carbons (Fsp3) is 0.455. The van der Waals surface area contributed by atoms with Crippen LogP contribution in [0, 0.1) is 0 Å². The quantitative estimate of drug-likeness (QED) is 0.707. The third-order valence-electron chi connectivity index (χ3n) is 2.04. The van der Waals surface area contributed by atoms with Crippen molar-refractivity contribution in [2.45, 2.75) is 20.3 Å². The summed E-state index contributed by atoms with van der Waals surface area (Å²) in [7, 11) is 0. The van der Waals surface area contributed by atoms with Gasteiger partial charge in [0.15, 0.2) is 0 Å². The third kappa shape index (κ3) is 2.92. The van der Waals surface area contributed by atoms with Crippen LogP contribution >= 0.6 is 0 Å². The number of rotatable bonds is 5. The Hall–Kier alpha value is -1.22. The van der Waals surface area contributed by atoms with Crippen molar-refractivity contribution in [3.63, 3.8) is 0 Å². The van der Waals surface area contributed by atoms with Crippen LogP contribution in [-0.4, -0.2) is 18.3 Å². The molecule has 0 aliphatic heterocycles. The molecule has 0 aromatic heterocycles. The van der Waals surface area contributed by atoms with Crippen molar-refractivity contribution in [2.24, 2.45) is 0 Å². The highest BCUT2D eigenvalue weighted by molar-refractivity contribution is 5.53. The first-order chi connectivity index (χ1) is 6.77. The maximum Gasteiger partial charge on any atom is 0.0635 e. The van der Waals surface area contributed by atoms with Crippen LogP contribution in [-0.2, 0) is 0 Å². The summed E-state index contributed by atoms with van der Waals surface area (Å²) in [5, 5.41) is 13.9. The summed E-state index contributed by atoms with van der Waals surface area (Å²) in [6.45, 7) is 5.62. The minimum Gasteiger partial charge on any atom is -0.385 e. The molecule has 1 aromatic carbocycles. The lowest BCUT2D eigenvalue weighted by Crippen LogP contribution is -2.16. The number of benzene rings is 1. The fourth-order valence-electron chi connectivity index (χ4n) is 1.20. The molecular formula is C11H18N2O. The Balaban J connectivity index is 2.59. The van der Waals surface area contributed by atoms with Gasteiger partial charge in [0, 0.05) is 18.8 Å². The Morgan fingerprint density at radius 1 is 1.21 bits per heavy atom. The Labute approximate surface area is 85.3 Å². The van der Waals surface area contributed by atoms with Crippen LogP contribution in [0.4, 0.5) is 11.4 Å². The van der Waals surface area contributed by atoms with Crippen LogP contribution in [0.5, 0.6) is 0 Å². The van der Waals surface area contributed by atoms with Crippen molar-refractivity contribution < 1.29 is 5.21 Å². The van der Waals surface area contributed by atoms with E-state index in [0.29, 0.717) is 6.54 Å². The van der Waals surface area contributed by atoms with E-state index in [-0.39, 0.29) is 0 Å². The zero-order valence-electron chi connectivity index (χ0n) is 8.83. The first-order valence-corrected chi connectivity index (χ1v) is 5.08. The molecule has 0 saturated carbocycles. The molecule has 3 heteroatoms. The van der Waals surface area contributed by atoms with Gasteiger partial charge in [0.1, 0.15) is 0 Å². The predicted molar refractivity (Wildman–Crippen MR) is 60.0 cm³/mol. The lowest BCUT2D eigenvalue weighted by molar-refractivity contribution is 0.260. The number of hydrogen-bond donors (Lipinski definition) is 2. The van der Waals surface area contributed by atoms with E-state index in [1.54, 1.807) is 0 Å². The van der Waals surface area contributed by atoms with E-state index < -0.39 is 0 Å². The van der Waals surface area contributed by atoms with Crippen molar-refractivity contribution >= 4 is 11.4 Å². The molecule has 0 aliphatic carbocycles. The van der Waals surface area contributed by atoms with Gasteiger partial charge in [-0.15, -0.1) is 0 Å². The SMILES string of the molecule is CCCNc1ccc(N(O)CC)cc1. The standard InChI is InChI=1S/C11H18N2O/c1-3-9-12-10-5-7-11(8-6-10)13(14)4-2/h5-8,12,14H,3-4,9H2,1-2H3. The predicted octanol–water partition coefficient (Wildman–Crippen LogP) is 2.72. The molecule has 0 saturated heterocycles. The van der Waals surface area contributed by atoms with E-state index >= 15 is 0 Å². The number of anilines is 2. The number of hydrogen-bond acceptors (Lipinski definition) is 3. The van der Waals surface area contributed by atoms with Crippen molar-refractivity contribution in [3.05, 3.63) is 24.3 Å². The zero-order valence-corrected chi connectivity index (χ0v) is 8.83. The van der Waals surface area contributed by atoms with E-state index in [1.807, 2.05) is 31.2 Å². The second-order valence-corrected chi connectivity index (χ2v) is 3.19. The van der Waals surface area contributed by atoms with Gasteiger partial charge in [-0.1, -0.05) is 6.92 Å². The van der Waals surface area contributed by atoms with Crippen molar-refractivity contribution in [3.8, 4) is 0 Å². The number of hydroxylamine groups is 1. The number of nitrogens with zero attached hydrogens (tertiary/aromatic N) is 1. The molecule has 0 bridgehead atoms. The molecule has 78 valence electrons. The molecule has 0 spiro atoms. The lowest BCUT2D eigenvalue weighted by Gasteiger charge is -2.14. The van der Waals surface area contributed by atoms with Gasteiger partial charge in [-0.2, -0.15) is 0 Å². The normalized spacial score (nSPS) is 9.93. The second-order valence-electron chi connectivity index (χ2n) is 3.19. The van der Waals surface area contributed by atoms with Crippen LogP contribution in [0.15, 0.2) is 24.3 Å².